The van der Waals surface area contributed by atoms with E-state index >= 15 is 0 Å². The number of nitrogens with one attached hydrogen (secondary N) is 1. The van der Waals surface area contributed by atoms with Crippen LogP contribution in [0.4, 0.5) is 14.5 Å². The van der Waals surface area contributed by atoms with Crippen LogP contribution in [0.2, 0.25) is 0 Å². The third-order valence-corrected chi connectivity index (χ3v) is 3.23. The van der Waals surface area contributed by atoms with Gasteiger partial charge in [-0.15, -0.1) is 11.8 Å². The van der Waals surface area contributed by atoms with Crippen LogP contribution in [0, 0.1) is 11.6 Å². The SMILES string of the molecule is CSc1cccc(NC(=O)c2cc(F)ccc2F)c1. The first-order valence-electron chi connectivity index (χ1n) is 5.50. The first-order chi connectivity index (χ1) is 9.10. The van der Waals surface area contributed by atoms with Gasteiger partial charge in [-0.05, 0) is 42.7 Å². The van der Waals surface area contributed by atoms with Crippen LogP contribution in [-0.2, 0) is 0 Å². The lowest BCUT2D eigenvalue weighted by molar-refractivity contribution is 0.102. The van der Waals surface area contributed by atoms with Crippen molar-refractivity contribution in [3.8, 4) is 0 Å². The minimum Gasteiger partial charge on any atom is -0.322 e. The predicted octanol–water partition coefficient (Wildman–Crippen LogP) is 3.94. The topological polar surface area (TPSA) is 29.1 Å². The van der Waals surface area contributed by atoms with Gasteiger partial charge in [0.25, 0.3) is 5.91 Å². The van der Waals surface area contributed by atoms with E-state index in [1.54, 1.807) is 18.2 Å². The van der Waals surface area contributed by atoms with Crippen LogP contribution in [0.25, 0.3) is 0 Å². The number of hydrogen-bond acceptors (Lipinski definition) is 2. The second kappa shape index (κ2) is 5.84. The van der Waals surface area contributed by atoms with Crippen molar-refractivity contribution in [1.29, 1.82) is 0 Å². The molecule has 0 saturated carbocycles. The minimum atomic E-state index is -0.750. The van der Waals surface area contributed by atoms with E-state index in [-0.39, 0.29) is 5.56 Å². The number of amides is 1. The summed E-state index contributed by atoms with van der Waals surface area (Å²) in [6.45, 7) is 0. The van der Waals surface area contributed by atoms with Crippen LogP contribution < -0.4 is 5.32 Å². The van der Waals surface area contributed by atoms with Gasteiger partial charge in [0.15, 0.2) is 0 Å². The molecule has 0 heterocycles. The Bertz CT molecular complexity index is 616. The summed E-state index contributed by atoms with van der Waals surface area (Å²) < 4.78 is 26.5. The van der Waals surface area contributed by atoms with Crippen LogP contribution >= 0.6 is 11.8 Å². The van der Waals surface area contributed by atoms with Crippen molar-refractivity contribution in [2.24, 2.45) is 0 Å². The van der Waals surface area contributed by atoms with Gasteiger partial charge >= 0.3 is 0 Å². The number of carbonyl (C=O) groups is 1. The summed E-state index contributed by atoms with van der Waals surface area (Å²) in [5, 5.41) is 2.54. The highest BCUT2D eigenvalue weighted by atomic mass is 32.2. The third kappa shape index (κ3) is 3.32. The molecule has 19 heavy (non-hydrogen) atoms. The summed E-state index contributed by atoms with van der Waals surface area (Å²) in [5.74, 6) is -2.07. The molecular weight excluding hydrogens is 268 g/mol. The normalized spacial score (nSPS) is 10.3. The molecule has 0 aliphatic carbocycles. The molecule has 0 aliphatic heterocycles. The van der Waals surface area contributed by atoms with E-state index in [2.05, 4.69) is 5.32 Å². The summed E-state index contributed by atoms with van der Waals surface area (Å²) in [4.78, 5) is 12.8. The van der Waals surface area contributed by atoms with Crippen molar-refractivity contribution in [2.45, 2.75) is 4.90 Å². The van der Waals surface area contributed by atoms with E-state index in [1.165, 1.54) is 11.8 Å². The van der Waals surface area contributed by atoms with Crippen LogP contribution in [0.5, 0.6) is 0 Å². The molecule has 2 aromatic rings. The number of rotatable bonds is 3. The van der Waals surface area contributed by atoms with Gasteiger partial charge in [-0.1, -0.05) is 6.07 Å². The fourth-order valence-electron chi connectivity index (χ4n) is 1.57. The molecular formula is C14H11F2NOS. The van der Waals surface area contributed by atoms with E-state index in [0.29, 0.717) is 5.69 Å². The molecule has 0 aromatic heterocycles. The monoisotopic (exact) mass is 279 g/mol. The fraction of sp³-hybridized carbons (Fsp3) is 0.0714. The number of thioether (sulfide) groups is 1. The van der Waals surface area contributed by atoms with E-state index in [9.17, 15) is 13.6 Å². The Morgan fingerprint density at radius 3 is 2.68 bits per heavy atom. The molecule has 0 radical (unpaired) electrons. The molecule has 2 nitrogen and oxygen atoms in total. The molecule has 2 aromatic carbocycles. The average Bonchev–Trinajstić information content (AvgIpc) is 2.41. The van der Waals surface area contributed by atoms with Gasteiger partial charge in [-0.2, -0.15) is 0 Å². The van der Waals surface area contributed by atoms with Gasteiger partial charge in [0, 0.05) is 10.6 Å². The van der Waals surface area contributed by atoms with Gasteiger partial charge < -0.3 is 5.32 Å². The highest BCUT2D eigenvalue weighted by molar-refractivity contribution is 7.98. The molecule has 1 N–H and O–H groups in total. The fourth-order valence-corrected chi connectivity index (χ4v) is 2.03. The highest BCUT2D eigenvalue weighted by Crippen LogP contribution is 2.20. The Balaban J connectivity index is 2.23. The third-order valence-electron chi connectivity index (χ3n) is 2.50. The highest BCUT2D eigenvalue weighted by Gasteiger charge is 2.13. The molecule has 0 atom stereocenters. The van der Waals surface area contributed by atoms with E-state index < -0.39 is 17.5 Å². The first kappa shape index (κ1) is 13.5. The molecule has 0 spiro atoms. The molecule has 0 fully saturated rings. The summed E-state index contributed by atoms with van der Waals surface area (Å²) in [5.41, 5.74) is 0.232. The summed E-state index contributed by atoms with van der Waals surface area (Å²) in [6.07, 6.45) is 1.91. The number of halogens is 2. The van der Waals surface area contributed by atoms with Crippen LogP contribution in [0.1, 0.15) is 10.4 Å². The van der Waals surface area contributed by atoms with Crippen LogP contribution in [0.15, 0.2) is 47.4 Å². The standard InChI is InChI=1S/C14H11F2NOS/c1-19-11-4-2-3-10(8-11)17-14(18)12-7-9(15)5-6-13(12)16/h2-8H,1H3,(H,17,18). The van der Waals surface area contributed by atoms with Crippen molar-refractivity contribution in [2.75, 3.05) is 11.6 Å². The van der Waals surface area contributed by atoms with Gasteiger partial charge in [-0.3, -0.25) is 4.79 Å². The number of hydrogen-bond donors (Lipinski definition) is 1. The second-order valence-electron chi connectivity index (χ2n) is 3.81. The number of carbonyl (C=O) groups excluding carboxylic acids is 1. The van der Waals surface area contributed by atoms with Gasteiger partial charge in [0.05, 0.1) is 5.56 Å². The molecule has 98 valence electrons. The van der Waals surface area contributed by atoms with E-state index in [4.69, 9.17) is 0 Å². The van der Waals surface area contributed by atoms with Crippen molar-refractivity contribution in [3.63, 3.8) is 0 Å². The van der Waals surface area contributed by atoms with Crippen LogP contribution in [-0.4, -0.2) is 12.2 Å². The van der Waals surface area contributed by atoms with Crippen molar-refractivity contribution in [1.82, 2.24) is 0 Å². The van der Waals surface area contributed by atoms with Gasteiger partial charge in [0.2, 0.25) is 0 Å². The summed E-state index contributed by atoms with van der Waals surface area (Å²) >= 11 is 1.53. The van der Waals surface area contributed by atoms with E-state index in [0.717, 1.165) is 23.1 Å². The Labute approximate surface area is 113 Å². The van der Waals surface area contributed by atoms with Gasteiger partial charge in [-0.25, -0.2) is 8.78 Å². The number of anilines is 1. The average molecular weight is 279 g/mol. The molecule has 2 rings (SSSR count). The lowest BCUT2D eigenvalue weighted by Crippen LogP contribution is -2.14. The molecule has 0 aliphatic rings. The van der Waals surface area contributed by atoms with Crippen molar-refractivity contribution >= 4 is 23.4 Å². The zero-order valence-corrected chi connectivity index (χ0v) is 10.9. The molecule has 0 bridgehead atoms. The zero-order valence-electron chi connectivity index (χ0n) is 10.1. The maximum Gasteiger partial charge on any atom is 0.258 e. The maximum atomic E-state index is 13.4. The second-order valence-corrected chi connectivity index (χ2v) is 4.69. The Morgan fingerprint density at radius 1 is 1.16 bits per heavy atom. The molecule has 5 heteroatoms. The largest absolute Gasteiger partial charge is 0.322 e. The van der Waals surface area contributed by atoms with Crippen molar-refractivity contribution in [3.05, 3.63) is 59.7 Å². The molecule has 1 amide bonds. The number of benzene rings is 2. The first-order valence-corrected chi connectivity index (χ1v) is 6.73. The summed E-state index contributed by atoms with van der Waals surface area (Å²) in [7, 11) is 0. The zero-order chi connectivity index (χ0) is 13.8. The Hall–Kier alpha value is -1.88. The Kier molecular flexibility index (Phi) is 4.16. The Morgan fingerprint density at radius 2 is 1.95 bits per heavy atom. The predicted molar refractivity (Wildman–Crippen MR) is 72.5 cm³/mol. The molecule has 0 saturated heterocycles. The van der Waals surface area contributed by atoms with Crippen LogP contribution in [0.3, 0.4) is 0 Å². The lowest BCUT2D eigenvalue weighted by atomic mass is 10.2. The van der Waals surface area contributed by atoms with Gasteiger partial charge in [0.1, 0.15) is 11.6 Å². The lowest BCUT2D eigenvalue weighted by Gasteiger charge is -2.07. The molecule has 0 unspecified atom stereocenters. The smallest absolute Gasteiger partial charge is 0.258 e. The maximum absolute atomic E-state index is 13.4. The summed E-state index contributed by atoms with van der Waals surface area (Å²) in [6, 6.07) is 9.91. The van der Waals surface area contributed by atoms with E-state index in [1.807, 2.05) is 12.3 Å². The van der Waals surface area contributed by atoms with Crippen molar-refractivity contribution < 1.29 is 13.6 Å². The minimum absolute atomic E-state index is 0.311. The quantitative estimate of drug-likeness (QED) is 0.862.